The van der Waals surface area contributed by atoms with Crippen LogP contribution in [0.5, 0.6) is 0 Å². The quantitative estimate of drug-likeness (QED) is 0.865. The lowest BCUT2D eigenvalue weighted by Gasteiger charge is -2.03. The lowest BCUT2D eigenvalue weighted by atomic mass is 10.4. The van der Waals surface area contributed by atoms with Crippen LogP contribution in [0.4, 0.5) is 5.69 Å². The summed E-state index contributed by atoms with van der Waals surface area (Å²) in [7, 11) is 1.81. The fraction of sp³-hybridized carbons (Fsp3) is 0.125. The molecule has 78 valence electrons. The SMILES string of the molecule is Cn1ncnc1Sc1ncc(Cl)cc1N. The van der Waals surface area contributed by atoms with Gasteiger partial charge in [-0.05, 0) is 17.8 Å². The Kier molecular flexibility index (Phi) is 2.79. The molecular formula is C8H8ClN5S. The Bertz CT molecular complexity index is 484. The Morgan fingerprint density at radius 2 is 2.27 bits per heavy atom. The van der Waals surface area contributed by atoms with Crippen molar-refractivity contribution in [1.29, 1.82) is 0 Å². The molecule has 2 rings (SSSR count). The number of pyridine rings is 1. The highest BCUT2D eigenvalue weighted by atomic mass is 35.5. The number of nitrogens with zero attached hydrogens (tertiary/aromatic N) is 4. The highest BCUT2D eigenvalue weighted by Gasteiger charge is 2.08. The van der Waals surface area contributed by atoms with Crippen molar-refractivity contribution in [3.63, 3.8) is 0 Å². The van der Waals surface area contributed by atoms with Crippen LogP contribution in [0.1, 0.15) is 0 Å². The van der Waals surface area contributed by atoms with Crippen molar-refractivity contribution in [2.24, 2.45) is 7.05 Å². The van der Waals surface area contributed by atoms with Crippen molar-refractivity contribution in [2.45, 2.75) is 10.2 Å². The lowest BCUT2D eigenvalue weighted by Crippen LogP contribution is -1.96. The van der Waals surface area contributed by atoms with Crippen LogP contribution in [0.2, 0.25) is 5.02 Å². The maximum Gasteiger partial charge on any atom is 0.192 e. The first-order valence-corrected chi connectivity index (χ1v) is 5.29. The monoisotopic (exact) mass is 241 g/mol. The average molecular weight is 242 g/mol. The molecule has 0 bridgehead atoms. The van der Waals surface area contributed by atoms with Gasteiger partial charge in [-0.25, -0.2) is 14.6 Å². The van der Waals surface area contributed by atoms with Gasteiger partial charge in [0.15, 0.2) is 5.16 Å². The van der Waals surface area contributed by atoms with Crippen LogP contribution in [-0.2, 0) is 7.05 Å². The number of nitrogen functional groups attached to an aromatic ring is 1. The van der Waals surface area contributed by atoms with Gasteiger partial charge in [0, 0.05) is 13.2 Å². The van der Waals surface area contributed by atoms with Crippen molar-refractivity contribution in [3.05, 3.63) is 23.6 Å². The van der Waals surface area contributed by atoms with Crippen LogP contribution in [-0.4, -0.2) is 19.7 Å². The zero-order valence-corrected chi connectivity index (χ0v) is 9.46. The number of halogens is 1. The van der Waals surface area contributed by atoms with E-state index in [1.807, 2.05) is 0 Å². The molecule has 2 aromatic heterocycles. The summed E-state index contributed by atoms with van der Waals surface area (Å²) in [5.74, 6) is 0. The summed E-state index contributed by atoms with van der Waals surface area (Å²) in [6, 6.07) is 1.66. The van der Waals surface area contributed by atoms with Crippen LogP contribution in [0.15, 0.2) is 28.8 Å². The van der Waals surface area contributed by atoms with Crippen LogP contribution >= 0.6 is 23.4 Å². The van der Waals surface area contributed by atoms with E-state index in [1.165, 1.54) is 18.1 Å². The van der Waals surface area contributed by atoms with Crippen molar-refractivity contribution in [2.75, 3.05) is 5.73 Å². The first-order chi connectivity index (χ1) is 7.16. The number of nitrogens with two attached hydrogens (primary N) is 1. The van der Waals surface area contributed by atoms with E-state index >= 15 is 0 Å². The van der Waals surface area contributed by atoms with E-state index in [0.29, 0.717) is 15.7 Å². The number of hydrogen-bond acceptors (Lipinski definition) is 5. The fourth-order valence-electron chi connectivity index (χ4n) is 0.992. The molecular weight excluding hydrogens is 234 g/mol. The van der Waals surface area contributed by atoms with Crippen molar-refractivity contribution in [1.82, 2.24) is 19.7 Å². The minimum atomic E-state index is 0.523. The van der Waals surface area contributed by atoms with E-state index < -0.39 is 0 Å². The Labute approximate surface area is 95.7 Å². The van der Waals surface area contributed by atoms with Crippen molar-refractivity contribution in [3.8, 4) is 0 Å². The lowest BCUT2D eigenvalue weighted by molar-refractivity contribution is 0.684. The van der Waals surface area contributed by atoms with E-state index in [0.717, 1.165) is 5.16 Å². The molecule has 0 radical (unpaired) electrons. The number of aromatic nitrogens is 4. The minimum Gasteiger partial charge on any atom is -0.396 e. The van der Waals surface area contributed by atoms with Gasteiger partial charge in [0.2, 0.25) is 0 Å². The highest BCUT2D eigenvalue weighted by Crippen LogP contribution is 2.29. The maximum atomic E-state index is 5.76. The van der Waals surface area contributed by atoms with Gasteiger partial charge in [-0.2, -0.15) is 5.10 Å². The second-order valence-corrected chi connectivity index (χ2v) is 4.21. The molecule has 0 aliphatic carbocycles. The molecule has 2 N–H and O–H groups in total. The maximum absolute atomic E-state index is 5.76. The van der Waals surface area contributed by atoms with Gasteiger partial charge < -0.3 is 5.73 Å². The van der Waals surface area contributed by atoms with Crippen LogP contribution in [0, 0.1) is 0 Å². The molecule has 0 saturated carbocycles. The molecule has 7 heteroatoms. The van der Waals surface area contributed by atoms with Gasteiger partial charge in [0.05, 0.1) is 10.7 Å². The Morgan fingerprint density at radius 3 is 2.87 bits per heavy atom. The van der Waals surface area contributed by atoms with Gasteiger partial charge in [0.1, 0.15) is 11.4 Å². The Morgan fingerprint density at radius 1 is 1.47 bits per heavy atom. The number of hydrogen-bond donors (Lipinski definition) is 1. The molecule has 0 unspecified atom stereocenters. The Hall–Kier alpha value is -1.27. The molecule has 0 spiro atoms. The predicted octanol–water partition coefficient (Wildman–Crippen LogP) is 1.60. The van der Waals surface area contributed by atoms with Crippen LogP contribution in [0.25, 0.3) is 0 Å². The summed E-state index contributed by atoms with van der Waals surface area (Å²) < 4.78 is 1.65. The van der Waals surface area contributed by atoms with Gasteiger partial charge >= 0.3 is 0 Å². The molecule has 0 amide bonds. The second kappa shape index (κ2) is 4.08. The van der Waals surface area contributed by atoms with E-state index in [-0.39, 0.29) is 0 Å². The summed E-state index contributed by atoms with van der Waals surface area (Å²) >= 11 is 7.10. The third kappa shape index (κ3) is 2.21. The first kappa shape index (κ1) is 10.3. The van der Waals surface area contributed by atoms with Gasteiger partial charge in [-0.1, -0.05) is 11.6 Å². The second-order valence-electron chi connectivity index (χ2n) is 2.82. The zero-order chi connectivity index (χ0) is 10.8. The molecule has 0 fully saturated rings. The van der Waals surface area contributed by atoms with Gasteiger partial charge in [-0.15, -0.1) is 0 Å². The average Bonchev–Trinajstić information content (AvgIpc) is 2.57. The minimum absolute atomic E-state index is 0.523. The molecule has 0 atom stereocenters. The fourth-order valence-corrected chi connectivity index (χ4v) is 1.89. The predicted molar refractivity (Wildman–Crippen MR) is 58.8 cm³/mol. The van der Waals surface area contributed by atoms with Crippen LogP contribution < -0.4 is 5.73 Å². The third-order valence-corrected chi connectivity index (χ3v) is 3.00. The topological polar surface area (TPSA) is 69.6 Å². The van der Waals surface area contributed by atoms with Crippen molar-refractivity contribution < 1.29 is 0 Å². The van der Waals surface area contributed by atoms with E-state index in [2.05, 4.69) is 15.1 Å². The molecule has 5 nitrogen and oxygen atoms in total. The molecule has 0 aliphatic heterocycles. The Balaban J connectivity index is 2.29. The standard InChI is InChI=1S/C8H8ClN5S/c1-14-8(12-4-13-14)15-7-6(10)2-5(9)3-11-7/h2-4H,10H2,1H3. The van der Waals surface area contributed by atoms with E-state index in [9.17, 15) is 0 Å². The van der Waals surface area contributed by atoms with Gasteiger partial charge in [0.25, 0.3) is 0 Å². The first-order valence-electron chi connectivity index (χ1n) is 4.09. The summed E-state index contributed by atoms with van der Waals surface area (Å²) in [5.41, 5.74) is 6.30. The summed E-state index contributed by atoms with van der Waals surface area (Å²) in [6.45, 7) is 0. The van der Waals surface area contributed by atoms with Crippen molar-refractivity contribution >= 4 is 29.1 Å². The summed E-state index contributed by atoms with van der Waals surface area (Å²) in [6.07, 6.45) is 3.03. The number of rotatable bonds is 2. The molecule has 0 saturated heterocycles. The summed E-state index contributed by atoms with van der Waals surface area (Å²) in [4.78, 5) is 8.18. The number of anilines is 1. The largest absolute Gasteiger partial charge is 0.396 e. The molecule has 2 aromatic rings. The zero-order valence-electron chi connectivity index (χ0n) is 7.88. The van der Waals surface area contributed by atoms with Crippen LogP contribution in [0.3, 0.4) is 0 Å². The van der Waals surface area contributed by atoms with E-state index in [1.54, 1.807) is 24.0 Å². The third-order valence-electron chi connectivity index (χ3n) is 1.70. The normalized spacial score (nSPS) is 10.5. The summed E-state index contributed by atoms with van der Waals surface area (Å²) in [5, 5.41) is 5.88. The highest BCUT2D eigenvalue weighted by molar-refractivity contribution is 7.99. The molecule has 0 aliphatic rings. The smallest absolute Gasteiger partial charge is 0.192 e. The molecule has 15 heavy (non-hydrogen) atoms. The molecule has 0 aromatic carbocycles. The van der Waals surface area contributed by atoms with Gasteiger partial charge in [-0.3, -0.25) is 0 Å². The molecule has 2 heterocycles. The van der Waals surface area contributed by atoms with E-state index in [4.69, 9.17) is 17.3 Å². The number of aryl methyl sites for hydroxylation is 1.